The Morgan fingerprint density at radius 3 is 2.44 bits per heavy atom. The second kappa shape index (κ2) is 12.3. The van der Waals surface area contributed by atoms with Crippen molar-refractivity contribution in [1.82, 2.24) is 4.90 Å². The number of nitro benzene ring substituents is 1. The lowest BCUT2D eigenvalue weighted by atomic mass is 9.82. The van der Waals surface area contributed by atoms with E-state index in [2.05, 4.69) is 22.3 Å². The summed E-state index contributed by atoms with van der Waals surface area (Å²) < 4.78 is 0. The maximum absolute atomic E-state index is 12.3. The minimum absolute atomic E-state index is 0.0633. The van der Waals surface area contributed by atoms with E-state index >= 15 is 0 Å². The van der Waals surface area contributed by atoms with E-state index in [9.17, 15) is 20.0 Å². The molecule has 1 fully saturated rings. The summed E-state index contributed by atoms with van der Waals surface area (Å²) in [4.78, 5) is 27.1. The van der Waals surface area contributed by atoms with Crippen molar-refractivity contribution >= 4 is 40.7 Å². The molecule has 3 aromatic rings. The summed E-state index contributed by atoms with van der Waals surface area (Å²) in [7, 11) is 0. The van der Waals surface area contributed by atoms with Crippen LogP contribution in [0.4, 0.5) is 11.4 Å². The lowest BCUT2D eigenvalue weighted by molar-refractivity contribution is -0.384. The number of carboxylic acid groups (broad SMARTS) is 1. The topological polar surface area (TPSA) is 95.7 Å². The molecule has 0 spiro atoms. The van der Waals surface area contributed by atoms with Gasteiger partial charge in [0.25, 0.3) is 5.69 Å². The number of rotatable bonds is 9. The second-order valence-corrected chi connectivity index (χ2v) is 10.3. The Bertz CT molecular complexity index is 1190. The average molecular weight is 526 g/mol. The van der Waals surface area contributed by atoms with Crippen LogP contribution in [0.15, 0.2) is 82.6 Å². The predicted octanol–water partition coefficient (Wildman–Crippen LogP) is 6.39. The standard InChI is InChI=1S/C27H28ClN3O4S/c28-19-5-11-22(12-6-19)36-26-4-2-1-3-24(26)23-13-16-30(17-14-25(23)27(32)33)18-15-29-20-7-9-21(10-8-20)31(34)35/h1-12,23,25,29H,13-18H2,(H,32,33)/t23-,25+/m1/s1. The molecule has 9 heteroatoms. The molecule has 2 atom stereocenters. The van der Waals surface area contributed by atoms with Gasteiger partial charge >= 0.3 is 5.97 Å². The van der Waals surface area contributed by atoms with Gasteiger partial charge in [0, 0.05) is 45.7 Å². The molecule has 1 aliphatic heterocycles. The fourth-order valence-electron chi connectivity index (χ4n) is 4.62. The molecule has 7 nitrogen and oxygen atoms in total. The lowest BCUT2D eigenvalue weighted by Gasteiger charge is -2.24. The van der Waals surface area contributed by atoms with E-state index in [-0.39, 0.29) is 11.6 Å². The van der Waals surface area contributed by atoms with E-state index in [1.54, 1.807) is 23.9 Å². The van der Waals surface area contributed by atoms with Crippen LogP contribution in [-0.2, 0) is 4.79 Å². The van der Waals surface area contributed by atoms with Gasteiger partial charge in [-0.25, -0.2) is 0 Å². The zero-order valence-electron chi connectivity index (χ0n) is 19.7. The normalized spacial score (nSPS) is 18.4. The van der Waals surface area contributed by atoms with Crippen LogP contribution in [0.2, 0.25) is 5.02 Å². The molecule has 188 valence electrons. The number of nitrogens with zero attached hydrogens (tertiary/aromatic N) is 2. The number of halogens is 1. The molecule has 0 unspecified atom stereocenters. The Hall–Kier alpha value is -3.07. The maximum Gasteiger partial charge on any atom is 0.307 e. The summed E-state index contributed by atoms with van der Waals surface area (Å²) in [5.41, 5.74) is 1.97. The number of aliphatic carboxylic acids is 1. The fraction of sp³-hybridized carbons (Fsp3) is 0.296. The first-order valence-corrected chi connectivity index (χ1v) is 13.1. The number of likely N-dealkylation sites (tertiary alicyclic amines) is 1. The van der Waals surface area contributed by atoms with Crippen LogP contribution in [0.5, 0.6) is 0 Å². The molecule has 0 amide bonds. The van der Waals surface area contributed by atoms with Gasteiger partial charge in [-0.05, 0) is 79.9 Å². The Labute approximate surface area is 219 Å². The highest BCUT2D eigenvalue weighted by atomic mass is 35.5. The van der Waals surface area contributed by atoms with E-state index in [0.717, 1.165) is 40.6 Å². The number of hydrogen-bond donors (Lipinski definition) is 2. The molecule has 0 bridgehead atoms. The minimum atomic E-state index is -0.753. The minimum Gasteiger partial charge on any atom is -0.481 e. The Morgan fingerprint density at radius 2 is 1.75 bits per heavy atom. The summed E-state index contributed by atoms with van der Waals surface area (Å²) >= 11 is 7.67. The third-order valence-electron chi connectivity index (χ3n) is 6.51. The van der Waals surface area contributed by atoms with Crippen molar-refractivity contribution in [1.29, 1.82) is 0 Å². The lowest BCUT2D eigenvalue weighted by Crippen LogP contribution is -2.30. The summed E-state index contributed by atoms with van der Waals surface area (Å²) in [6.45, 7) is 2.94. The largest absolute Gasteiger partial charge is 0.481 e. The fourth-order valence-corrected chi connectivity index (χ4v) is 5.75. The Kier molecular flexibility index (Phi) is 8.85. The van der Waals surface area contributed by atoms with Crippen molar-refractivity contribution in [2.75, 3.05) is 31.5 Å². The monoisotopic (exact) mass is 525 g/mol. The molecule has 1 saturated heterocycles. The van der Waals surface area contributed by atoms with Crippen LogP contribution in [-0.4, -0.2) is 47.1 Å². The Morgan fingerprint density at radius 1 is 1.06 bits per heavy atom. The van der Waals surface area contributed by atoms with Crippen LogP contribution in [0.3, 0.4) is 0 Å². The van der Waals surface area contributed by atoms with E-state index in [4.69, 9.17) is 11.6 Å². The number of carbonyl (C=O) groups is 1. The molecule has 0 aliphatic carbocycles. The third-order valence-corrected chi connectivity index (χ3v) is 7.86. The molecule has 2 N–H and O–H groups in total. The van der Waals surface area contributed by atoms with Crippen molar-refractivity contribution < 1.29 is 14.8 Å². The van der Waals surface area contributed by atoms with Gasteiger partial charge in [-0.1, -0.05) is 41.6 Å². The van der Waals surface area contributed by atoms with Gasteiger partial charge in [-0.2, -0.15) is 0 Å². The molecule has 1 heterocycles. The molecule has 0 aromatic heterocycles. The van der Waals surface area contributed by atoms with Gasteiger partial charge in [0.1, 0.15) is 0 Å². The number of non-ortho nitro benzene ring substituents is 1. The van der Waals surface area contributed by atoms with E-state index in [1.807, 2.05) is 36.4 Å². The molecule has 3 aromatic carbocycles. The van der Waals surface area contributed by atoms with Gasteiger partial charge in [0.2, 0.25) is 0 Å². The van der Waals surface area contributed by atoms with Gasteiger partial charge in [0.05, 0.1) is 10.8 Å². The summed E-state index contributed by atoms with van der Waals surface area (Å²) in [5, 5.41) is 24.9. The molecule has 0 radical (unpaired) electrons. The first-order chi connectivity index (χ1) is 17.4. The highest BCUT2D eigenvalue weighted by Crippen LogP contribution is 2.41. The van der Waals surface area contributed by atoms with Crippen molar-refractivity contribution in [3.63, 3.8) is 0 Å². The maximum atomic E-state index is 12.3. The summed E-state index contributed by atoms with van der Waals surface area (Å²) in [5.74, 6) is -1.28. The van der Waals surface area contributed by atoms with E-state index < -0.39 is 16.8 Å². The number of carboxylic acids is 1. The SMILES string of the molecule is O=C(O)[C@H]1CCN(CCNc2ccc([N+](=O)[O-])cc2)CC[C@@H]1c1ccccc1Sc1ccc(Cl)cc1. The molecular weight excluding hydrogens is 498 g/mol. The molecule has 4 rings (SSSR count). The second-order valence-electron chi connectivity index (χ2n) is 8.79. The first kappa shape index (κ1) is 26.0. The van der Waals surface area contributed by atoms with Gasteiger partial charge in [-0.3, -0.25) is 14.9 Å². The number of benzene rings is 3. The number of anilines is 1. The van der Waals surface area contributed by atoms with Crippen molar-refractivity contribution in [3.8, 4) is 0 Å². The molecule has 36 heavy (non-hydrogen) atoms. The third kappa shape index (κ3) is 6.78. The first-order valence-electron chi connectivity index (χ1n) is 11.9. The van der Waals surface area contributed by atoms with E-state index in [0.29, 0.717) is 24.5 Å². The van der Waals surface area contributed by atoms with Gasteiger partial charge < -0.3 is 15.3 Å². The quantitative estimate of drug-likeness (QED) is 0.247. The highest BCUT2D eigenvalue weighted by molar-refractivity contribution is 7.99. The number of nitro groups is 1. The summed E-state index contributed by atoms with van der Waals surface area (Å²) in [6.07, 6.45) is 1.34. The smallest absolute Gasteiger partial charge is 0.307 e. The van der Waals surface area contributed by atoms with Crippen molar-refractivity contribution in [2.24, 2.45) is 5.92 Å². The van der Waals surface area contributed by atoms with Crippen LogP contribution >= 0.6 is 23.4 Å². The zero-order chi connectivity index (χ0) is 25.5. The molecular formula is C27H28ClN3O4S. The summed E-state index contributed by atoms with van der Waals surface area (Å²) in [6, 6.07) is 22.1. The van der Waals surface area contributed by atoms with Crippen LogP contribution in [0, 0.1) is 16.0 Å². The highest BCUT2D eigenvalue weighted by Gasteiger charge is 2.33. The molecule has 1 aliphatic rings. The zero-order valence-corrected chi connectivity index (χ0v) is 21.3. The van der Waals surface area contributed by atoms with Crippen LogP contribution in [0.1, 0.15) is 24.3 Å². The van der Waals surface area contributed by atoms with Gasteiger partial charge in [0.15, 0.2) is 0 Å². The number of hydrogen-bond acceptors (Lipinski definition) is 6. The average Bonchev–Trinajstić information content (AvgIpc) is 3.09. The van der Waals surface area contributed by atoms with Crippen LogP contribution in [0.25, 0.3) is 0 Å². The van der Waals surface area contributed by atoms with E-state index in [1.165, 1.54) is 12.1 Å². The predicted molar refractivity (Wildman–Crippen MR) is 143 cm³/mol. The number of nitrogens with one attached hydrogen (secondary N) is 1. The van der Waals surface area contributed by atoms with Crippen molar-refractivity contribution in [2.45, 2.75) is 28.6 Å². The van der Waals surface area contributed by atoms with Gasteiger partial charge in [-0.15, -0.1) is 0 Å². The Balaban J connectivity index is 1.42. The van der Waals surface area contributed by atoms with Crippen molar-refractivity contribution in [3.05, 3.63) is 93.5 Å². The molecule has 0 saturated carbocycles. The van der Waals surface area contributed by atoms with Crippen LogP contribution < -0.4 is 5.32 Å².